The van der Waals surface area contributed by atoms with Crippen molar-refractivity contribution >= 4 is 28.6 Å². The van der Waals surface area contributed by atoms with Crippen LogP contribution in [-0.2, 0) is 18.2 Å². The normalized spacial score (nSPS) is 11.2. The first-order chi connectivity index (χ1) is 12.1. The van der Waals surface area contributed by atoms with E-state index in [1.165, 1.54) is 0 Å². The van der Waals surface area contributed by atoms with Gasteiger partial charge in [-0.2, -0.15) is 0 Å². The predicted octanol–water partition coefficient (Wildman–Crippen LogP) is 2.23. The Labute approximate surface area is 155 Å². The van der Waals surface area contributed by atoms with Gasteiger partial charge < -0.3 is 14.0 Å². The fraction of sp³-hybridized carbons (Fsp3) is 0.467. The van der Waals surface area contributed by atoms with E-state index in [0.29, 0.717) is 23.7 Å². The molecule has 2 rings (SSSR count). The molecule has 1 heterocycles. The molecule has 0 aliphatic rings. The fourth-order valence-corrected chi connectivity index (χ4v) is 3.30. The first-order valence-electron chi connectivity index (χ1n) is 7.74. The maximum atomic E-state index is 12.0. The van der Waals surface area contributed by atoms with Gasteiger partial charge in [-0.1, -0.05) is 25.6 Å². The van der Waals surface area contributed by atoms with Gasteiger partial charge in [0, 0.05) is 25.4 Å². The van der Waals surface area contributed by atoms with Gasteiger partial charge in [0.15, 0.2) is 27.8 Å². The summed E-state index contributed by atoms with van der Waals surface area (Å²) in [5.74, 6) is 1.93. The number of anilines is 1. The Morgan fingerprint density at radius 2 is 1.96 bits per heavy atom. The van der Waals surface area contributed by atoms with Crippen molar-refractivity contribution in [1.29, 1.82) is 0 Å². The number of thioether (sulfide) groups is 1. The molecular formula is C15H25N5O3S2. The van der Waals surface area contributed by atoms with Crippen molar-refractivity contribution in [3.8, 4) is 11.5 Å². The third kappa shape index (κ3) is 6.92. The lowest BCUT2D eigenvalue weighted by molar-refractivity contribution is 0.355. The topological polar surface area (TPSA) is 90.3 Å². The average Bonchev–Trinajstić information content (AvgIpc) is 3.05. The Morgan fingerprint density at radius 3 is 2.56 bits per heavy atom. The van der Waals surface area contributed by atoms with Crippen LogP contribution in [0, 0.1) is 0 Å². The van der Waals surface area contributed by atoms with Crippen LogP contribution in [0.5, 0.6) is 11.5 Å². The van der Waals surface area contributed by atoms with Gasteiger partial charge in [-0.05, 0) is 12.1 Å². The zero-order valence-corrected chi connectivity index (χ0v) is 16.7. The second-order valence-corrected chi connectivity index (χ2v) is 6.50. The second-order valence-electron chi connectivity index (χ2n) is 4.41. The second kappa shape index (κ2) is 11.7. The Bertz CT molecular complexity index is 666. The molecule has 0 amide bonds. The van der Waals surface area contributed by atoms with Gasteiger partial charge >= 0.3 is 0 Å². The molecule has 0 aliphatic carbocycles. The smallest absolute Gasteiger partial charge is 0.193 e. The molecule has 10 heteroatoms. The highest BCUT2D eigenvalue weighted by atomic mass is 32.2. The van der Waals surface area contributed by atoms with Crippen LogP contribution in [0.3, 0.4) is 0 Å². The molecule has 0 saturated heterocycles. The van der Waals surface area contributed by atoms with E-state index in [-0.39, 0.29) is 0 Å². The van der Waals surface area contributed by atoms with E-state index in [0.717, 1.165) is 10.9 Å². The molecule has 1 aromatic carbocycles. The maximum absolute atomic E-state index is 12.0. The molecule has 25 heavy (non-hydrogen) atoms. The SMILES string of the molecule is CC.COc1ccc(NS(=O)NCCSc2nncn2C)cc1OC. The van der Waals surface area contributed by atoms with E-state index < -0.39 is 11.2 Å². The monoisotopic (exact) mass is 387 g/mol. The van der Waals surface area contributed by atoms with Crippen molar-refractivity contribution in [3.05, 3.63) is 24.5 Å². The van der Waals surface area contributed by atoms with Crippen LogP contribution >= 0.6 is 11.8 Å². The number of hydrogen-bond acceptors (Lipinski definition) is 6. The molecule has 0 bridgehead atoms. The first kappa shape index (κ1) is 21.3. The van der Waals surface area contributed by atoms with Gasteiger partial charge in [0.05, 0.1) is 19.9 Å². The molecule has 0 spiro atoms. The maximum Gasteiger partial charge on any atom is 0.193 e. The van der Waals surface area contributed by atoms with Crippen molar-refractivity contribution in [1.82, 2.24) is 19.5 Å². The zero-order valence-electron chi connectivity index (χ0n) is 15.1. The standard InChI is InChI=1S/C13H19N5O3S2.C2H6/c1-18-9-14-16-13(18)22-7-6-15-23(19)17-10-4-5-11(20-2)12(8-10)21-3;1-2/h4-5,8-9,15,17H,6-7H2,1-3H3;1-2H3. The van der Waals surface area contributed by atoms with Crippen molar-refractivity contribution in [2.75, 3.05) is 31.2 Å². The van der Waals surface area contributed by atoms with Gasteiger partial charge in [0.2, 0.25) is 0 Å². The number of rotatable bonds is 9. The Kier molecular flexibility index (Phi) is 9.97. The zero-order chi connectivity index (χ0) is 18.7. The minimum Gasteiger partial charge on any atom is -0.493 e. The number of nitrogens with zero attached hydrogens (tertiary/aromatic N) is 3. The fourth-order valence-electron chi connectivity index (χ4n) is 1.72. The van der Waals surface area contributed by atoms with E-state index in [9.17, 15) is 4.21 Å². The number of nitrogens with one attached hydrogen (secondary N) is 2. The summed E-state index contributed by atoms with van der Waals surface area (Å²) in [4.78, 5) is 0. The first-order valence-corrected chi connectivity index (χ1v) is 9.88. The number of methoxy groups -OCH3 is 2. The summed E-state index contributed by atoms with van der Waals surface area (Å²) < 4.78 is 29.9. The molecule has 0 radical (unpaired) electrons. The number of aryl methyl sites for hydroxylation is 1. The van der Waals surface area contributed by atoms with E-state index in [1.54, 1.807) is 50.5 Å². The van der Waals surface area contributed by atoms with Gasteiger partial charge in [-0.3, -0.25) is 4.72 Å². The lowest BCUT2D eigenvalue weighted by Gasteiger charge is -2.11. The van der Waals surface area contributed by atoms with Gasteiger partial charge in [-0.15, -0.1) is 10.2 Å². The largest absolute Gasteiger partial charge is 0.493 e. The number of aromatic nitrogens is 3. The highest BCUT2D eigenvalue weighted by Crippen LogP contribution is 2.29. The number of hydrogen-bond donors (Lipinski definition) is 2. The van der Waals surface area contributed by atoms with E-state index in [4.69, 9.17) is 9.47 Å². The minimum absolute atomic E-state index is 0.560. The predicted molar refractivity (Wildman–Crippen MR) is 102 cm³/mol. The highest BCUT2D eigenvalue weighted by Gasteiger charge is 2.07. The van der Waals surface area contributed by atoms with E-state index >= 15 is 0 Å². The summed E-state index contributed by atoms with van der Waals surface area (Å²) in [5, 5.41) is 8.59. The molecule has 0 aliphatic heterocycles. The molecule has 1 atom stereocenters. The minimum atomic E-state index is -1.40. The van der Waals surface area contributed by atoms with Gasteiger partial charge in [0.25, 0.3) is 0 Å². The summed E-state index contributed by atoms with van der Waals surface area (Å²) >= 11 is 0.145. The molecule has 2 aromatic rings. The van der Waals surface area contributed by atoms with Crippen molar-refractivity contribution in [2.24, 2.45) is 7.05 Å². The van der Waals surface area contributed by atoms with E-state index in [2.05, 4.69) is 19.6 Å². The molecule has 2 N–H and O–H groups in total. The highest BCUT2D eigenvalue weighted by molar-refractivity contribution is 7.99. The number of ether oxygens (including phenoxy) is 2. The summed E-state index contributed by atoms with van der Waals surface area (Å²) in [5.41, 5.74) is 0.675. The Balaban J connectivity index is 0.00000151. The molecule has 0 saturated carbocycles. The lowest BCUT2D eigenvalue weighted by Crippen LogP contribution is -2.25. The van der Waals surface area contributed by atoms with Crippen LogP contribution in [0.15, 0.2) is 29.7 Å². The van der Waals surface area contributed by atoms with Crippen molar-refractivity contribution < 1.29 is 13.7 Å². The molecule has 0 fully saturated rings. The van der Waals surface area contributed by atoms with E-state index in [1.807, 2.05) is 25.5 Å². The summed E-state index contributed by atoms with van der Waals surface area (Å²) in [6.07, 6.45) is 1.65. The summed E-state index contributed by atoms with van der Waals surface area (Å²) in [7, 11) is 5.01. The van der Waals surface area contributed by atoms with Gasteiger partial charge in [-0.25, -0.2) is 8.93 Å². The van der Waals surface area contributed by atoms with Crippen molar-refractivity contribution in [2.45, 2.75) is 19.0 Å². The van der Waals surface area contributed by atoms with Crippen LogP contribution in [-0.4, -0.2) is 45.5 Å². The third-order valence-corrected chi connectivity index (χ3v) is 4.75. The Hall–Kier alpha value is -1.78. The molecule has 140 valence electrons. The quantitative estimate of drug-likeness (QED) is 0.507. The van der Waals surface area contributed by atoms with Crippen LogP contribution in [0.1, 0.15) is 13.8 Å². The van der Waals surface area contributed by atoms with Crippen LogP contribution in [0.2, 0.25) is 0 Å². The third-order valence-electron chi connectivity index (χ3n) is 2.83. The Morgan fingerprint density at radius 1 is 1.24 bits per heavy atom. The van der Waals surface area contributed by atoms with Crippen LogP contribution < -0.4 is 18.9 Å². The lowest BCUT2D eigenvalue weighted by atomic mass is 10.3. The van der Waals surface area contributed by atoms with Crippen LogP contribution in [0.25, 0.3) is 0 Å². The molecule has 1 aromatic heterocycles. The van der Waals surface area contributed by atoms with Crippen LogP contribution in [0.4, 0.5) is 5.69 Å². The molecule has 1 unspecified atom stereocenters. The summed E-state index contributed by atoms with van der Waals surface area (Å²) in [6, 6.07) is 5.25. The van der Waals surface area contributed by atoms with Crippen molar-refractivity contribution in [3.63, 3.8) is 0 Å². The molecule has 8 nitrogen and oxygen atoms in total. The number of benzene rings is 1. The van der Waals surface area contributed by atoms with Gasteiger partial charge in [0.1, 0.15) is 6.33 Å². The summed E-state index contributed by atoms with van der Waals surface area (Å²) in [6.45, 7) is 4.56. The molecular weight excluding hydrogens is 362 g/mol. The average molecular weight is 388 g/mol.